The lowest BCUT2D eigenvalue weighted by atomic mass is 10.2. The van der Waals surface area contributed by atoms with E-state index >= 15 is 0 Å². The smallest absolute Gasteiger partial charge is 0.221 e. The monoisotopic (exact) mass is 259 g/mol. The standard InChI is InChI=1S/C15H21N3O/c19-15(17-12-6-7-12)8-11-18-10-3-9-16-13-4-1-2-5-14(13)18/h1-2,4-5,12,16H,3,6-11H2,(H,17,19). The summed E-state index contributed by atoms with van der Waals surface area (Å²) in [5, 5.41) is 6.49. The summed E-state index contributed by atoms with van der Waals surface area (Å²) in [4.78, 5) is 14.1. The van der Waals surface area contributed by atoms with E-state index in [9.17, 15) is 4.79 Å². The molecule has 1 aliphatic carbocycles. The molecule has 0 aromatic heterocycles. The Bertz CT molecular complexity index is 456. The summed E-state index contributed by atoms with van der Waals surface area (Å²) in [6.07, 6.45) is 4.01. The molecule has 102 valence electrons. The number of carbonyl (C=O) groups is 1. The zero-order chi connectivity index (χ0) is 13.1. The summed E-state index contributed by atoms with van der Waals surface area (Å²) in [5.41, 5.74) is 2.40. The molecular weight excluding hydrogens is 238 g/mol. The maximum atomic E-state index is 11.8. The Labute approximate surface area is 114 Å². The molecule has 0 saturated heterocycles. The van der Waals surface area contributed by atoms with Gasteiger partial charge in [0.25, 0.3) is 0 Å². The fraction of sp³-hybridized carbons (Fsp3) is 0.533. The second-order valence-corrected chi connectivity index (χ2v) is 5.38. The summed E-state index contributed by atoms with van der Waals surface area (Å²) in [6, 6.07) is 8.81. The van der Waals surface area contributed by atoms with Crippen molar-refractivity contribution in [1.29, 1.82) is 0 Å². The Kier molecular flexibility index (Phi) is 3.58. The summed E-state index contributed by atoms with van der Waals surface area (Å²) in [5.74, 6) is 0.192. The van der Waals surface area contributed by atoms with Gasteiger partial charge in [-0.1, -0.05) is 12.1 Å². The number of carbonyl (C=O) groups excluding carboxylic acids is 1. The molecule has 0 spiro atoms. The Hall–Kier alpha value is -1.71. The molecule has 1 aliphatic heterocycles. The molecule has 0 atom stereocenters. The number of hydrogen-bond acceptors (Lipinski definition) is 3. The average Bonchev–Trinajstić information content (AvgIpc) is 3.23. The largest absolute Gasteiger partial charge is 0.383 e. The SMILES string of the molecule is O=C(CCN1CCCNc2ccccc21)NC1CC1. The van der Waals surface area contributed by atoms with E-state index in [2.05, 4.69) is 39.8 Å². The quantitative estimate of drug-likeness (QED) is 0.869. The maximum absolute atomic E-state index is 11.8. The lowest BCUT2D eigenvalue weighted by molar-refractivity contribution is -0.121. The van der Waals surface area contributed by atoms with Crippen molar-refractivity contribution in [2.45, 2.75) is 31.7 Å². The van der Waals surface area contributed by atoms with Gasteiger partial charge in [0.1, 0.15) is 0 Å². The van der Waals surface area contributed by atoms with Gasteiger partial charge in [-0.05, 0) is 31.4 Å². The minimum Gasteiger partial charge on any atom is -0.383 e. The Balaban J connectivity index is 1.61. The summed E-state index contributed by atoms with van der Waals surface area (Å²) in [7, 11) is 0. The van der Waals surface area contributed by atoms with Crippen molar-refractivity contribution in [2.24, 2.45) is 0 Å². The highest BCUT2D eigenvalue weighted by atomic mass is 16.1. The van der Waals surface area contributed by atoms with Gasteiger partial charge in [0.15, 0.2) is 0 Å². The number of anilines is 2. The van der Waals surface area contributed by atoms with Crippen LogP contribution in [-0.2, 0) is 4.79 Å². The molecule has 4 heteroatoms. The highest BCUT2D eigenvalue weighted by Gasteiger charge is 2.23. The third kappa shape index (κ3) is 3.19. The number of amides is 1. The Morgan fingerprint density at radius 2 is 2.21 bits per heavy atom. The second-order valence-electron chi connectivity index (χ2n) is 5.38. The first-order valence-corrected chi connectivity index (χ1v) is 7.20. The molecule has 3 rings (SSSR count). The van der Waals surface area contributed by atoms with Gasteiger partial charge in [0.05, 0.1) is 11.4 Å². The van der Waals surface area contributed by atoms with Crippen LogP contribution in [0.25, 0.3) is 0 Å². The first kappa shape index (κ1) is 12.3. The predicted molar refractivity (Wildman–Crippen MR) is 77.5 cm³/mol. The van der Waals surface area contributed by atoms with Gasteiger partial charge in [-0.3, -0.25) is 4.79 Å². The Morgan fingerprint density at radius 1 is 1.37 bits per heavy atom. The molecule has 1 saturated carbocycles. The third-order valence-electron chi connectivity index (χ3n) is 3.72. The van der Waals surface area contributed by atoms with Crippen molar-refractivity contribution in [2.75, 3.05) is 29.9 Å². The van der Waals surface area contributed by atoms with Crippen LogP contribution >= 0.6 is 0 Å². The molecule has 0 unspecified atom stereocenters. The molecule has 4 nitrogen and oxygen atoms in total. The van der Waals surface area contributed by atoms with Gasteiger partial charge in [-0.15, -0.1) is 0 Å². The number of para-hydroxylation sites is 2. The van der Waals surface area contributed by atoms with E-state index in [0.29, 0.717) is 12.5 Å². The Morgan fingerprint density at radius 3 is 3.05 bits per heavy atom. The number of hydrogen-bond donors (Lipinski definition) is 2. The first-order chi connectivity index (χ1) is 9.33. The van der Waals surface area contributed by atoms with Crippen molar-refractivity contribution in [3.63, 3.8) is 0 Å². The third-order valence-corrected chi connectivity index (χ3v) is 3.72. The average molecular weight is 259 g/mol. The maximum Gasteiger partial charge on any atom is 0.221 e. The van der Waals surface area contributed by atoms with E-state index in [0.717, 1.165) is 38.9 Å². The molecule has 0 radical (unpaired) electrons. The molecule has 2 N–H and O–H groups in total. The van der Waals surface area contributed by atoms with Crippen molar-refractivity contribution >= 4 is 17.3 Å². The number of nitrogens with zero attached hydrogens (tertiary/aromatic N) is 1. The topological polar surface area (TPSA) is 44.4 Å². The fourth-order valence-corrected chi connectivity index (χ4v) is 2.51. The van der Waals surface area contributed by atoms with E-state index in [1.807, 2.05) is 0 Å². The molecule has 2 aliphatic rings. The van der Waals surface area contributed by atoms with E-state index in [1.54, 1.807) is 0 Å². The lowest BCUT2D eigenvalue weighted by Gasteiger charge is -2.24. The van der Waals surface area contributed by atoms with Gasteiger partial charge >= 0.3 is 0 Å². The molecule has 1 heterocycles. The first-order valence-electron chi connectivity index (χ1n) is 7.20. The van der Waals surface area contributed by atoms with Crippen LogP contribution in [-0.4, -0.2) is 31.6 Å². The van der Waals surface area contributed by atoms with E-state index in [4.69, 9.17) is 0 Å². The molecule has 1 aromatic carbocycles. The molecular formula is C15H21N3O. The summed E-state index contributed by atoms with van der Waals surface area (Å²) in [6.45, 7) is 2.82. The summed E-state index contributed by atoms with van der Waals surface area (Å²) >= 11 is 0. The minimum atomic E-state index is 0.192. The van der Waals surface area contributed by atoms with Crippen LogP contribution in [0, 0.1) is 0 Å². The zero-order valence-corrected chi connectivity index (χ0v) is 11.2. The molecule has 1 aromatic rings. The van der Waals surface area contributed by atoms with E-state index in [-0.39, 0.29) is 5.91 Å². The predicted octanol–water partition coefficient (Wildman–Crippen LogP) is 1.98. The van der Waals surface area contributed by atoms with E-state index in [1.165, 1.54) is 11.4 Å². The van der Waals surface area contributed by atoms with Crippen LogP contribution in [0.15, 0.2) is 24.3 Å². The van der Waals surface area contributed by atoms with Gasteiger partial charge in [0.2, 0.25) is 5.91 Å². The lowest BCUT2D eigenvalue weighted by Crippen LogP contribution is -2.32. The van der Waals surface area contributed by atoms with Gasteiger partial charge < -0.3 is 15.5 Å². The van der Waals surface area contributed by atoms with Crippen LogP contribution in [0.1, 0.15) is 25.7 Å². The molecule has 1 fully saturated rings. The van der Waals surface area contributed by atoms with Crippen molar-refractivity contribution in [3.8, 4) is 0 Å². The number of benzene rings is 1. The van der Waals surface area contributed by atoms with Crippen LogP contribution in [0.4, 0.5) is 11.4 Å². The van der Waals surface area contributed by atoms with Crippen molar-refractivity contribution < 1.29 is 4.79 Å². The second kappa shape index (κ2) is 5.51. The fourth-order valence-electron chi connectivity index (χ4n) is 2.51. The number of fused-ring (bicyclic) bond motifs is 1. The van der Waals surface area contributed by atoms with Crippen LogP contribution in [0.2, 0.25) is 0 Å². The van der Waals surface area contributed by atoms with Crippen LogP contribution in [0.5, 0.6) is 0 Å². The molecule has 1 amide bonds. The van der Waals surface area contributed by atoms with Gasteiger partial charge in [0, 0.05) is 32.1 Å². The van der Waals surface area contributed by atoms with Gasteiger partial charge in [-0.2, -0.15) is 0 Å². The zero-order valence-electron chi connectivity index (χ0n) is 11.2. The highest BCUT2D eigenvalue weighted by Crippen LogP contribution is 2.28. The normalized spacial score (nSPS) is 18.2. The minimum absolute atomic E-state index is 0.192. The van der Waals surface area contributed by atoms with Crippen molar-refractivity contribution in [1.82, 2.24) is 5.32 Å². The van der Waals surface area contributed by atoms with Crippen LogP contribution < -0.4 is 15.5 Å². The number of nitrogens with one attached hydrogen (secondary N) is 2. The molecule has 0 bridgehead atoms. The molecule has 19 heavy (non-hydrogen) atoms. The van der Waals surface area contributed by atoms with Crippen molar-refractivity contribution in [3.05, 3.63) is 24.3 Å². The van der Waals surface area contributed by atoms with Gasteiger partial charge in [-0.25, -0.2) is 0 Å². The summed E-state index contributed by atoms with van der Waals surface area (Å²) < 4.78 is 0. The number of rotatable bonds is 4. The highest BCUT2D eigenvalue weighted by molar-refractivity contribution is 5.78. The van der Waals surface area contributed by atoms with E-state index < -0.39 is 0 Å². The van der Waals surface area contributed by atoms with Crippen LogP contribution in [0.3, 0.4) is 0 Å².